The molecular weight excluding hydrogens is 492 g/mol. The monoisotopic (exact) mass is 520 g/mol. The first-order valence-electron chi connectivity index (χ1n) is 11.3. The van der Waals surface area contributed by atoms with Crippen LogP contribution in [0.5, 0.6) is 0 Å². The molecule has 0 spiro atoms. The van der Waals surface area contributed by atoms with Crippen molar-refractivity contribution >= 4 is 23.8 Å². The SMILES string of the molecule is CC(=O)OC[C@H]1O[C@H](OCC(=O)NCc2cn(-c3ccccc3)nn2)[C@H](O)[C@@H](OC(C)=O)[C@H]1OC(C)=O. The average Bonchev–Trinajstić information content (AvgIpc) is 3.33. The van der Waals surface area contributed by atoms with Crippen LogP contribution in [0.4, 0.5) is 0 Å². The fraction of sp³-hybridized carbons (Fsp3) is 0.478. The van der Waals surface area contributed by atoms with Crippen LogP contribution in [0.2, 0.25) is 0 Å². The Morgan fingerprint density at radius 2 is 1.70 bits per heavy atom. The summed E-state index contributed by atoms with van der Waals surface area (Å²) in [6, 6.07) is 9.29. The molecule has 0 saturated carbocycles. The van der Waals surface area contributed by atoms with Crippen molar-refractivity contribution in [2.24, 2.45) is 0 Å². The largest absolute Gasteiger partial charge is 0.463 e. The van der Waals surface area contributed by atoms with E-state index in [1.165, 1.54) is 6.92 Å². The van der Waals surface area contributed by atoms with Gasteiger partial charge in [-0.2, -0.15) is 0 Å². The molecule has 14 nitrogen and oxygen atoms in total. The molecule has 2 heterocycles. The number of nitrogens with zero attached hydrogens (tertiary/aromatic N) is 3. The number of esters is 3. The molecule has 1 saturated heterocycles. The summed E-state index contributed by atoms with van der Waals surface area (Å²) >= 11 is 0. The fourth-order valence-electron chi connectivity index (χ4n) is 3.51. The molecule has 0 bridgehead atoms. The van der Waals surface area contributed by atoms with E-state index in [0.717, 1.165) is 19.5 Å². The van der Waals surface area contributed by atoms with Crippen molar-refractivity contribution in [2.75, 3.05) is 13.2 Å². The lowest BCUT2D eigenvalue weighted by atomic mass is 9.98. The number of nitrogens with one attached hydrogen (secondary N) is 1. The van der Waals surface area contributed by atoms with Gasteiger partial charge in [0.05, 0.1) is 18.4 Å². The number of carbonyl (C=O) groups is 4. The second-order valence-corrected chi connectivity index (χ2v) is 8.06. The highest BCUT2D eigenvalue weighted by atomic mass is 16.7. The molecule has 14 heteroatoms. The summed E-state index contributed by atoms with van der Waals surface area (Å²) in [6.07, 6.45) is -5.29. The Morgan fingerprint density at radius 1 is 1.03 bits per heavy atom. The summed E-state index contributed by atoms with van der Waals surface area (Å²) in [5.41, 5.74) is 1.30. The second kappa shape index (κ2) is 12.9. The summed E-state index contributed by atoms with van der Waals surface area (Å²) in [5.74, 6) is -2.71. The first-order valence-corrected chi connectivity index (χ1v) is 11.3. The molecule has 0 aliphatic carbocycles. The van der Waals surface area contributed by atoms with Crippen LogP contribution in [0.1, 0.15) is 26.5 Å². The van der Waals surface area contributed by atoms with Gasteiger partial charge < -0.3 is 34.1 Å². The predicted molar refractivity (Wildman–Crippen MR) is 122 cm³/mol. The molecule has 200 valence electrons. The molecule has 1 aromatic carbocycles. The van der Waals surface area contributed by atoms with Crippen LogP contribution in [0.15, 0.2) is 36.5 Å². The van der Waals surface area contributed by atoms with E-state index in [9.17, 15) is 24.3 Å². The lowest BCUT2D eigenvalue weighted by molar-refractivity contribution is -0.304. The summed E-state index contributed by atoms with van der Waals surface area (Å²) < 4.78 is 27.9. The van der Waals surface area contributed by atoms with Crippen LogP contribution in [0, 0.1) is 0 Å². The van der Waals surface area contributed by atoms with E-state index < -0.39 is 61.1 Å². The normalized spacial score (nSPS) is 23.1. The molecule has 2 aromatic rings. The number of benzene rings is 1. The third-order valence-electron chi connectivity index (χ3n) is 5.08. The Bertz CT molecular complexity index is 1090. The predicted octanol–water partition coefficient (Wildman–Crippen LogP) is -0.588. The molecule has 3 rings (SSSR count). The highest BCUT2D eigenvalue weighted by Gasteiger charge is 2.50. The molecule has 0 unspecified atom stereocenters. The van der Waals surface area contributed by atoms with Crippen molar-refractivity contribution in [3.63, 3.8) is 0 Å². The number of rotatable bonds is 10. The van der Waals surface area contributed by atoms with E-state index in [4.69, 9.17) is 23.7 Å². The Labute approximate surface area is 211 Å². The smallest absolute Gasteiger partial charge is 0.303 e. The van der Waals surface area contributed by atoms with Gasteiger partial charge in [-0.15, -0.1) is 5.10 Å². The second-order valence-electron chi connectivity index (χ2n) is 8.06. The number of hydrogen-bond acceptors (Lipinski definition) is 12. The summed E-state index contributed by atoms with van der Waals surface area (Å²) in [4.78, 5) is 46.9. The van der Waals surface area contributed by atoms with Crippen molar-refractivity contribution in [3.05, 3.63) is 42.2 Å². The highest BCUT2D eigenvalue weighted by Crippen LogP contribution is 2.27. The van der Waals surface area contributed by atoms with Gasteiger partial charge in [-0.25, -0.2) is 4.68 Å². The molecule has 1 aliphatic rings. The molecule has 1 fully saturated rings. The lowest BCUT2D eigenvalue weighted by Crippen LogP contribution is -2.62. The van der Waals surface area contributed by atoms with Gasteiger partial charge in [-0.1, -0.05) is 23.4 Å². The summed E-state index contributed by atoms with van der Waals surface area (Å²) in [5, 5.41) is 21.3. The molecule has 37 heavy (non-hydrogen) atoms. The van der Waals surface area contributed by atoms with Gasteiger partial charge in [0.1, 0.15) is 31.1 Å². The fourth-order valence-corrected chi connectivity index (χ4v) is 3.51. The zero-order chi connectivity index (χ0) is 26.9. The average molecular weight is 520 g/mol. The molecule has 1 amide bonds. The number of carbonyl (C=O) groups excluding carboxylic acids is 4. The van der Waals surface area contributed by atoms with Gasteiger partial charge in [-0.05, 0) is 12.1 Å². The Hall–Kier alpha value is -3.88. The van der Waals surface area contributed by atoms with Crippen molar-refractivity contribution < 1.29 is 48.0 Å². The number of ether oxygens (including phenoxy) is 5. The molecule has 5 atom stereocenters. The minimum absolute atomic E-state index is 0.0583. The van der Waals surface area contributed by atoms with E-state index >= 15 is 0 Å². The van der Waals surface area contributed by atoms with Gasteiger partial charge >= 0.3 is 17.9 Å². The van der Waals surface area contributed by atoms with Crippen LogP contribution in [0.25, 0.3) is 5.69 Å². The first-order chi connectivity index (χ1) is 17.6. The maximum absolute atomic E-state index is 12.4. The maximum Gasteiger partial charge on any atom is 0.303 e. The van der Waals surface area contributed by atoms with Gasteiger partial charge in [0.15, 0.2) is 18.5 Å². The van der Waals surface area contributed by atoms with Crippen LogP contribution in [-0.2, 0) is 49.4 Å². The minimum atomic E-state index is -1.62. The molecule has 2 N–H and O–H groups in total. The lowest BCUT2D eigenvalue weighted by Gasteiger charge is -2.42. The van der Waals surface area contributed by atoms with Gasteiger partial charge in [0.25, 0.3) is 0 Å². The van der Waals surface area contributed by atoms with Crippen molar-refractivity contribution in [2.45, 2.75) is 58.0 Å². The van der Waals surface area contributed by atoms with Crippen molar-refractivity contribution in [3.8, 4) is 5.69 Å². The molecule has 1 aromatic heterocycles. The van der Waals surface area contributed by atoms with Crippen LogP contribution >= 0.6 is 0 Å². The van der Waals surface area contributed by atoms with E-state index in [0.29, 0.717) is 5.69 Å². The minimum Gasteiger partial charge on any atom is -0.463 e. The zero-order valence-corrected chi connectivity index (χ0v) is 20.4. The number of amides is 1. The Morgan fingerprint density at radius 3 is 2.35 bits per heavy atom. The van der Waals surface area contributed by atoms with Crippen LogP contribution < -0.4 is 5.32 Å². The van der Waals surface area contributed by atoms with Crippen molar-refractivity contribution in [1.82, 2.24) is 20.3 Å². The molecule has 1 aliphatic heterocycles. The quantitative estimate of drug-likeness (QED) is 0.301. The van der Waals surface area contributed by atoms with Gasteiger partial charge in [0.2, 0.25) is 5.91 Å². The Kier molecular flexibility index (Phi) is 9.65. The topological polar surface area (TPSA) is 177 Å². The number of aliphatic hydroxyl groups is 1. The van der Waals surface area contributed by atoms with E-state index in [2.05, 4.69) is 15.6 Å². The van der Waals surface area contributed by atoms with Gasteiger partial charge in [0, 0.05) is 20.8 Å². The third kappa shape index (κ3) is 8.06. The Balaban J connectivity index is 1.60. The number of aliphatic hydroxyl groups excluding tert-OH is 1. The summed E-state index contributed by atoms with van der Waals surface area (Å²) in [7, 11) is 0. The van der Waals surface area contributed by atoms with Crippen LogP contribution in [0.3, 0.4) is 0 Å². The van der Waals surface area contributed by atoms with E-state index in [-0.39, 0.29) is 13.2 Å². The van der Waals surface area contributed by atoms with E-state index in [1.54, 1.807) is 10.9 Å². The van der Waals surface area contributed by atoms with E-state index in [1.807, 2.05) is 30.3 Å². The van der Waals surface area contributed by atoms with Crippen molar-refractivity contribution in [1.29, 1.82) is 0 Å². The standard InChI is InChI=1S/C23H28N4O10/c1-13(28)33-11-18-21(35-14(2)29)22(36-15(3)30)20(32)23(37-18)34-12-19(31)24-9-16-10-27(26-25-16)17-7-5-4-6-8-17/h4-8,10,18,20-23,32H,9,11-12H2,1-3H3,(H,24,31)/t18-,20-,21+,22-,23+/m1/s1. The van der Waals surface area contributed by atoms with Crippen LogP contribution in [-0.4, -0.2) is 87.8 Å². The zero-order valence-electron chi connectivity index (χ0n) is 20.4. The highest BCUT2D eigenvalue weighted by molar-refractivity contribution is 5.77. The summed E-state index contributed by atoms with van der Waals surface area (Å²) in [6.45, 7) is 2.51. The number of para-hydroxylation sites is 1. The number of hydrogen-bond donors (Lipinski definition) is 2. The van der Waals surface area contributed by atoms with Gasteiger partial charge in [-0.3, -0.25) is 19.2 Å². The first kappa shape index (κ1) is 27.7. The molecular formula is C23H28N4O10. The third-order valence-corrected chi connectivity index (χ3v) is 5.08. The number of aromatic nitrogens is 3. The maximum atomic E-state index is 12.4. The molecule has 0 radical (unpaired) electrons.